The molecule has 1 aromatic rings. The first-order valence-corrected chi connectivity index (χ1v) is 8.96. The number of hydrogen-bond donors (Lipinski definition) is 1. The average Bonchev–Trinajstić information content (AvgIpc) is 3.03. The summed E-state index contributed by atoms with van der Waals surface area (Å²) in [5.41, 5.74) is 0. The van der Waals surface area contributed by atoms with Crippen LogP contribution in [0, 0.1) is 6.92 Å². The highest BCUT2D eigenvalue weighted by atomic mass is 33.1. The molecule has 1 atom stereocenters. The maximum atomic E-state index is 11.6. The van der Waals surface area contributed by atoms with E-state index < -0.39 is 0 Å². The van der Waals surface area contributed by atoms with Gasteiger partial charge < -0.3 is 9.84 Å². The molecule has 106 valence electrons. The minimum Gasteiger partial charge on any atom is -0.347 e. The van der Waals surface area contributed by atoms with Crippen LogP contribution >= 0.6 is 21.6 Å². The zero-order chi connectivity index (χ0) is 13.5. The molecule has 2 rings (SSSR count). The molecule has 0 aliphatic carbocycles. The second-order valence-electron chi connectivity index (χ2n) is 4.59. The zero-order valence-corrected chi connectivity index (χ0v) is 12.7. The first-order valence-electron chi connectivity index (χ1n) is 6.58. The molecule has 1 saturated heterocycles. The fraction of sp³-hybridized carbons (Fsp3) is 0.750. The Hall–Kier alpha value is -0.690. The smallest absolute Gasteiger partial charge is 0.246 e. The molecule has 7 heteroatoms. The van der Waals surface area contributed by atoms with Gasteiger partial charge in [0.25, 0.3) is 0 Å². The van der Waals surface area contributed by atoms with Gasteiger partial charge in [-0.3, -0.25) is 4.79 Å². The van der Waals surface area contributed by atoms with Crippen LogP contribution in [0.4, 0.5) is 0 Å². The minimum atomic E-state index is 0.0595. The molecule has 19 heavy (non-hydrogen) atoms. The molecule has 0 spiro atoms. The van der Waals surface area contributed by atoms with E-state index in [1.165, 1.54) is 18.6 Å². The molecule has 5 nitrogen and oxygen atoms in total. The third-order valence-corrected chi connectivity index (χ3v) is 5.92. The normalized spacial score (nSPS) is 18.7. The monoisotopic (exact) mass is 301 g/mol. The summed E-state index contributed by atoms with van der Waals surface area (Å²) in [7, 11) is 3.97. The van der Waals surface area contributed by atoms with E-state index in [1.54, 1.807) is 6.92 Å². The number of nitrogens with one attached hydrogen (secondary N) is 1. The lowest BCUT2D eigenvalue weighted by Gasteiger charge is -2.06. The van der Waals surface area contributed by atoms with Crippen LogP contribution in [0.3, 0.4) is 0 Å². The first-order chi connectivity index (χ1) is 9.24. The summed E-state index contributed by atoms with van der Waals surface area (Å²) in [6, 6.07) is 0. The quantitative estimate of drug-likeness (QED) is 0.617. The van der Waals surface area contributed by atoms with Crippen molar-refractivity contribution in [2.24, 2.45) is 0 Å². The van der Waals surface area contributed by atoms with Gasteiger partial charge in [-0.25, -0.2) is 0 Å². The average molecular weight is 301 g/mol. The van der Waals surface area contributed by atoms with E-state index in [2.05, 4.69) is 15.5 Å². The van der Waals surface area contributed by atoms with Crippen molar-refractivity contribution in [2.45, 2.75) is 50.8 Å². The highest BCUT2D eigenvalue weighted by Crippen LogP contribution is 2.39. The van der Waals surface area contributed by atoms with Crippen molar-refractivity contribution < 1.29 is 9.32 Å². The molecular weight excluding hydrogens is 282 g/mol. The Bertz CT molecular complexity index is 405. The molecule has 1 fully saturated rings. The van der Waals surface area contributed by atoms with Crippen LogP contribution in [0.15, 0.2) is 4.52 Å². The van der Waals surface area contributed by atoms with E-state index in [0.29, 0.717) is 24.7 Å². The van der Waals surface area contributed by atoms with Gasteiger partial charge >= 0.3 is 0 Å². The van der Waals surface area contributed by atoms with E-state index in [0.717, 1.165) is 18.1 Å². The maximum Gasteiger partial charge on any atom is 0.246 e. The van der Waals surface area contributed by atoms with Crippen LogP contribution in [0.5, 0.6) is 0 Å². The Morgan fingerprint density at radius 3 is 3.11 bits per heavy atom. The molecule has 0 unspecified atom stereocenters. The zero-order valence-electron chi connectivity index (χ0n) is 11.1. The van der Waals surface area contributed by atoms with Crippen LogP contribution < -0.4 is 5.32 Å². The van der Waals surface area contributed by atoms with Gasteiger partial charge in [0.2, 0.25) is 11.8 Å². The second-order valence-corrected chi connectivity index (χ2v) is 7.37. The third kappa shape index (κ3) is 5.44. The van der Waals surface area contributed by atoms with Crippen LogP contribution in [0.1, 0.15) is 43.8 Å². The molecule has 1 aliphatic heterocycles. The topological polar surface area (TPSA) is 68.0 Å². The summed E-state index contributed by atoms with van der Waals surface area (Å²) < 4.78 is 4.93. The van der Waals surface area contributed by atoms with Crippen molar-refractivity contribution in [3.63, 3.8) is 0 Å². The molecule has 1 amide bonds. The van der Waals surface area contributed by atoms with Crippen molar-refractivity contribution in [3.05, 3.63) is 11.7 Å². The molecule has 0 bridgehead atoms. The number of nitrogens with zero attached hydrogens (tertiary/aromatic N) is 2. The van der Waals surface area contributed by atoms with Crippen molar-refractivity contribution in [1.29, 1.82) is 0 Å². The summed E-state index contributed by atoms with van der Waals surface area (Å²) in [6.07, 6.45) is 5.21. The van der Waals surface area contributed by atoms with Crippen molar-refractivity contribution >= 4 is 27.5 Å². The number of aryl methyl sites for hydroxylation is 1. The standard InChI is InChI=1S/C12H19N3O2S2/c1-9-14-12(17-15-9)8-13-11(16)5-3-2-4-10-6-7-18-19-10/h10H,2-8H2,1H3,(H,13,16)/t10-/m0/s1. The Labute approximate surface area is 121 Å². The van der Waals surface area contributed by atoms with Gasteiger partial charge in [-0.1, -0.05) is 33.2 Å². The predicted molar refractivity (Wildman–Crippen MR) is 77.8 cm³/mol. The van der Waals surface area contributed by atoms with Gasteiger partial charge in [0.05, 0.1) is 6.54 Å². The summed E-state index contributed by atoms with van der Waals surface area (Å²) in [5, 5.41) is 7.27. The van der Waals surface area contributed by atoms with Gasteiger partial charge in [0.1, 0.15) is 0 Å². The lowest BCUT2D eigenvalue weighted by molar-refractivity contribution is -0.121. The van der Waals surface area contributed by atoms with E-state index in [-0.39, 0.29) is 5.91 Å². The molecule has 1 aliphatic rings. The molecule has 0 aromatic carbocycles. The number of carbonyl (C=O) groups is 1. The molecule has 1 aromatic heterocycles. The fourth-order valence-electron chi connectivity index (χ4n) is 1.90. The Balaban J connectivity index is 1.52. The van der Waals surface area contributed by atoms with Gasteiger partial charge in [-0.2, -0.15) is 4.98 Å². The number of unbranched alkanes of at least 4 members (excludes halogenated alkanes) is 1. The summed E-state index contributed by atoms with van der Waals surface area (Å²) in [5.74, 6) is 2.39. The second kappa shape index (κ2) is 7.79. The number of hydrogen-bond acceptors (Lipinski definition) is 6. The lowest BCUT2D eigenvalue weighted by Crippen LogP contribution is -2.22. The van der Waals surface area contributed by atoms with Crippen LogP contribution in [-0.4, -0.2) is 27.1 Å². The predicted octanol–water partition coefficient (Wildman–Crippen LogP) is 2.71. The molecule has 0 radical (unpaired) electrons. The van der Waals surface area contributed by atoms with E-state index in [1.807, 2.05) is 21.6 Å². The van der Waals surface area contributed by atoms with Gasteiger partial charge in [-0.05, 0) is 26.2 Å². The van der Waals surface area contributed by atoms with E-state index >= 15 is 0 Å². The highest BCUT2D eigenvalue weighted by Gasteiger charge is 2.15. The highest BCUT2D eigenvalue weighted by molar-refractivity contribution is 8.77. The largest absolute Gasteiger partial charge is 0.347 e. The Morgan fingerprint density at radius 2 is 2.42 bits per heavy atom. The Morgan fingerprint density at radius 1 is 1.53 bits per heavy atom. The SMILES string of the molecule is Cc1noc(CNC(=O)CCCC[C@H]2CCSS2)n1. The first kappa shape index (κ1) is 14.7. The van der Waals surface area contributed by atoms with E-state index in [4.69, 9.17) is 4.52 Å². The maximum absolute atomic E-state index is 11.6. The van der Waals surface area contributed by atoms with Crippen LogP contribution in [0.25, 0.3) is 0 Å². The molecular formula is C12H19N3O2S2. The summed E-state index contributed by atoms with van der Waals surface area (Å²) in [6.45, 7) is 2.09. The van der Waals surface area contributed by atoms with Gasteiger partial charge in [-0.15, -0.1) is 0 Å². The lowest BCUT2D eigenvalue weighted by atomic mass is 10.1. The van der Waals surface area contributed by atoms with Gasteiger partial charge in [0.15, 0.2) is 5.82 Å². The number of amides is 1. The number of rotatable bonds is 7. The molecule has 1 N–H and O–H groups in total. The summed E-state index contributed by atoms with van der Waals surface area (Å²) in [4.78, 5) is 15.6. The summed E-state index contributed by atoms with van der Waals surface area (Å²) >= 11 is 0. The molecule has 0 saturated carbocycles. The molecule has 2 heterocycles. The Kier molecular flexibility index (Phi) is 6.03. The van der Waals surface area contributed by atoms with E-state index in [9.17, 15) is 4.79 Å². The fourth-order valence-corrected chi connectivity index (χ4v) is 4.92. The van der Waals surface area contributed by atoms with Crippen LogP contribution in [0.2, 0.25) is 0 Å². The van der Waals surface area contributed by atoms with Crippen molar-refractivity contribution in [3.8, 4) is 0 Å². The number of carbonyl (C=O) groups excluding carboxylic acids is 1. The van der Waals surface area contributed by atoms with Crippen LogP contribution in [-0.2, 0) is 11.3 Å². The van der Waals surface area contributed by atoms with Crippen molar-refractivity contribution in [1.82, 2.24) is 15.5 Å². The van der Waals surface area contributed by atoms with Gasteiger partial charge in [0, 0.05) is 17.4 Å². The number of aromatic nitrogens is 2. The third-order valence-electron chi connectivity index (χ3n) is 2.91. The van der Waals surface area contributed by atoms with Crippen molar-refractivity contribution in [2.75, 3.05) is 5.75 Å². The minimum absolute atomic E-state index is 0.0595.